The zero-order chi connectivity index (χ0) is 18.2. The van der Waals surface area contributed by atoms with Crippen LogP contribution in [0.1, 0.15) is 26.3 Å². The number of alkyl halides is 2. The van der Waals surface area contributed by atoms with Gasteiger partial charge >= 0.3 is 12.2 Å². The minimum Gasteiger partial charge on any atom is -0.445 e. The normalized spacial score (nSPS) is 12.4. The van der Waals surface area contributed by atoms with Crippen LogP contribution in [0.4, 0.5) is 18.4 Å². The zero-order valence-electron chi connectivity index (χ0n) is 13.8. The first-order valence-electron chi connectivity index (χ1n) is 7.39. The van der Waals surface area contributed by atoms with Crippen LogP contribution >= 0.6 is 0 Å². The van der Waals surface area contributed by atoms with E-state index in [1.54, 1.807) is 45.0 Å². The highest BCUT2D eigenvalue weighted by atomic mass is 19.3. The molecule has 0 aromatic heterocycles. The standard InChI is InChI=1S/C16H22F2N2O4/c1-16(2,3)24-15(22)20-12(13(17)18)9-19-14(21)23-10-11-7-5-4-6-8-11/h4-8,12-13H,9-10H2,1-3H3,(H,19,21)(H,20,22)/t12-/m1/s1. The number of hydrogen-bond donors (Lipinski definition) is 2. The summed E-state index contributed by atoms with van der Waals surface area (Å²) in [5, 5.41) is 4.21. The molecule has 1 rings (SSSR count). The van der Waals surface area contributed by atoms with E-state index in [0.29, 0.717) is 0 Å². The van der Waals surface area contributed by atoms with E-state index in [1.807, 2.05) is 11.4 Å². The second-order valence-electron chi connectivity index (χ2n) is 6.03. The summed E-state index contributed by atoms with van der Waals surface area (Å²) in [5.74, 6) is 0. The molecular formula is C16H22F2N2O4. The number of carbonyl (C=O) groups is 2. The van der Waals surface area contributed by atoms with E-state index in [1.165, 1.54) is 0 Å². The van der Waals surface area contributed by atoms with Crippen LogP contribution in [0.5, 0.6) is 0 Å². The first kappa shape index (κ1) is 19.7. The average Bonchev–Trinajstić information content (AvgIpc) is 2.48. The number of benzene rings is 1. The quantitative estimate of drug-likeness (QED) is 0.831. The van der Waals surface area contributed by atoms with Crippen LogP contribution in [0.2, 0.25) is 0 Å². The van der Waals surface area contributed by atoms with Crippen molar-refractivity contribution >= 4 is 12.2 Å². The number of nitrogens with one attached hydrogen (secondary N) is 2. The minimum absolute atomic E-state index is 0.0194. The van der Waals surface area contributed by atoms with Gasteiger partial charge in [0.2, 0.25) is 0 Å². The lowest BCUT2D eigenvalue weighted by atomic mass is 10.2. The van der Waals surface area contributed by atoms with Crippen LogP contribution in [0, 0.1) is 0 Å². The summed E-state index contributed by atoms with van der Waals surface area (Å²) >= 11 is 0. The number of halogens is 2. The van der Waals surface area contributed by atoms with Crippen LogP contribution in [0.3, 0.4) is 0 Å². The predicted molar refractivity (Wildman–Crippen MR) is 83.8 cm³/mol. The van der Waals surface area contributed by atoms with Crippen molar-refractivity contribution in [3.8, 4) is 0 Å². The molecule has 0 bridgehead atoms. The number of carbonyl (C=O) groups excluding carboxylic acids is 2. The van der Waals surface area contributed by atoms with Gasteiger partial charge in [-0.05, 0) is 26.3 Å². The Morgan fingerprint density at radius 1 is 1.12 bits per heavy atom. The van der Waals surface area contributed by atoms with Crippen molar-refractivity contribution in [2.24, 2.45) is 0 Å². The summed E-state index contributed by atoms with van der Waals surface area (Å²) in [4.78, 5) is 23.1. The molecule has 6 nitrogen and oxygen atoms in total. The van der Waals surface area contributed by atoms with Crippen molar-refractivity contribution < 1.29 is 27.8 Å². The number of hydrogen-bond acceptors (Lipinski definition) is 4. The molecule has 1 aromatic rings. The molecule has 0 heterocycles. The molecule has 0 aliphatic carbocycles. The van der Waals surface area contributed by atoms with Crippen molar-refractivity contribution in [3.05, 3.63) is 35.9 Å². The maximum absolute atomic E-state index is 12.9. The summed E-state index contributed by atoms with van der Waals surface area (Å²) < 4.78 is 35.7. The van der Waals surface area contributed by atoms with E-state index >= 15 is 0 Å². The largest absolute Gasteiger partial charge is 0.445 e. The van der Waals surface area contributed by atoms with Gasteiger partial charge in [-0.3, -0.25) is 0 Å². The van der Waals surface area contributed by atoms with E-state index in [4.69, 9.17) is 9.47 Å². The minimum atomic E-state index is -2.87. The Kier molecular flexibility index (Phi) is 7.41. The SMILES string of the molecule is CC(C)(C)OC(=O)N[C@H](CNC(=O)OCc1ccccc1)C(F)F. The second-order valence-corrected chi connectivity index (χ2v) is 6.03. The van der Waals surface area contributed by atoms with Gasteiger partial charge in [0.15, 0.2) is 0 Å². The summed E-state index contributed by atoms with van der Waals surface area (Å²) in [6, 6.07) is 7.34. The van der Waals surface area contributed by atoms with Crippen molar-refractivity contribution in [2.75, 3.05) is 6.54 Å². The van der Waals surface area contributed by atoms with Gasteiger partial charge in [-0.15, -0.1) is 0 Å². The molecule has 0 radical (unpaired) electrons. The fraction of sp³-hybridized carbons (Fsp3) is 0.500. The lowest BCUT2D eigenvalue weighted by molar-refractivity contribution is 0.0371. The molecule has 0 spiro atoms. The molecule has 0 fully saturated rings. The summed E-state index contributed by atoms with van der Waals surface area (Å²) in [6.07, 6.45) is -4.70. The molecule has 8 heteroatoms. The summed E-state index contributed by atoms with van der Waals surface area (Å²) in [7, 11) is 0. The third-order valence-corrected chi connectivity index (χ3v) is 2.69. The van der Waals surface area contributed by atoms with Crippen molar-refractivity contribution in [1.29, 1.82) is 0 Å². The molecular weight excluding hydrogens is 322 g/mol. The molecule has 24 heavy (non-hydrogen) atoms. The van der Waals surface area contributed by atoms with Crippen molar-refractivity contribution in [1.82, 2.24) is 10.6 Å². The second kappa shape index (κ2) is 9.05. The third-order valence-electron chi connectivity index (χ3n) is 2.69. The van der Waals surface area contributed by atoms with Gasteiger partial charge in [-0.2, -0.15) is 0 Å². The molecule has 2 amide bonds. The van der Waals surface area contributed by atoms with Crippen LogP contribution < -0.4 is 10.6 Å². The van der Waals surface area contributed by atoms with E-state index < -0.39 is 36.8 Å². The molecule has 0 unspecified atom stereocenters. The first-order valence-corrected chi connectivity index (χ1v) is 7.39. The highest BCUT2D eigenvalue weighted by Crippen LogP contribution is 2.08. The highest BCUT2D eigenvalue weighted by molar-refractivity contribution is 5.69. The Bertz CT molecular complexity index is 533. The Balaban J connectivity index is 2.39. The Hall–Kier alpha value is -2.38. The molecule has 134 valence electrons. The highest BCUT2D eigenvalue weighted by Gasteiger charge is 2.26. The number of ether oxygens (including phenoxy) is 2. The molecule has 0 aliphatic heterocycles. The van der Waals surface area contributed by atoms with Crippen LogP contribution in [-0.2, 0) is 16.1 Å². The number of amides is 2. The average molecular weight is 344 g/mol. The van der Waals surface area contributed by atoms with Crippen LogP contribution in [0.25, 0.3) is 0 Å². The van der Waals surface area contributed by atoms with Gasteiger partial charge < -0.3 is 20.1 Å². The van der Waals surface area contributed by atoms with Gasteiger partial charge in [0.05, 0.1) is 0 Å². The summed E-state index contributed by atoms with van der Waals surface area (Å²) in [6.45, 7) is 4.38. The topological polar surface area (TPSA) is 76.7 Å². The third kappa shape index (κ3) is 8.30. The van der Waals surface area contributed by atoms with Crippen LogP contribution in [-0.4, -0.2) is 36.8 Å². The molecule has 2 N–H and O–H groups in total. The molecule has 1 aromatic carbocycles. The van der Waals surface area contributed by atoms with Gasteiger partial charge in [-0.1, -0.05) is 30.3 Å². The molecule has 0 aliphatic rings. The van der Waals surface area contributed by atoms with Gasteiger partial charge in [-0.25, -0.2) is 18.4 Å². The monoisotopic (exact) mass is 344 g/mol. The Morgan fingerprint density at radius 3 is 2.29 bits per heavy atom. The fourth-order valence-corrected chi connectivity index (χ4v) is 1.63. The van der Waals surface area contributed by atoms with E-state index in [-0.39, 0.29) is 6.61 Å². The van der Waals surface area contributed by atoms with E-state index in [9.17, 15) is 18.4 Å². The van der Waals surface area contributed by atoms with Crippen molar-refractivity contribution in [2.45, 2.75) is 45.4 Å². The zero-order valence-corrected chi connectivity index (χ0v) is 13.8. The molecule has 1 atom stereocenters. The van der Waals surface area contributed by atoms with Gasteiger partial charge in [0.25, 0.3) is 6.43 Å². The fourth-order valence-electron chi connectivity index (χ4n) is 1.63. The number of alkyl carbamates (subject to hydrolysis) is 2. The Morgan fingerprint density at radius 2 is 1.75 bits per heavy atom. The molecule has 0 saturated carbocycles. The van der Waals surface area contributed by atoms with E-state index in [0.717, 1.165) is 5.56 Å². The summed E-state index contributed by atoms with van der Waals surface area (Å²) in [5.41, 5.74) is -0.0383. The predicted octanol–water partition coefficient (Wildman–Crippen LogP) is 3.07. The van der Waals surface area contributed by atoms with Gasteiger partial charge in [0, 0.05) is 6.54 Å². The number of rotatable bonds is 6. The lowest BCUT2D eigenvalue weighted by Gasteiger charge is -2.23. The smallest absolute Gasteiger partial charge is 0.408 e. The van der Waals surface area contributed by atoms with Gasteiger partial charge in [0.1, 0.15) is 18.2 Å². The maximum atomic E-state index is 12.9. The Labute approximate surface area is 139 Å². The first-order chi connectivity index (χ1) is 11.2. The maximum Gasteiger partial charge on any atom is 0.408 e. The van der Waals surface area contributed by atoms with E-state index in [2.05, 4.69) is 5.32 Å². The van der Waals surface area contributed by atoms with Crippen LogP contribution in [0.15, 0.2) is 30.3 Å². The molecule has 0 saturated heterocycles. The lowest BCUT2D eigenvalue weighted by Crippen LogP contribution is -2.49. The van der Waals surface area contributed by atoms with Crippen molar-refractivity contribution in [3.63, 3.8) is 0 Å².